The van der Waals surface area contributed by atoms with E-state index in [1.165, 1.54) is 6.92 Å². The van der Waals surface area contributed by atoms with Crippen molar-refractivity contribution in [3.05, 3.63) is 39.7 Å². The molecule has 8 heteroatoms. The zero-order valence-corrected chi connectivity index (χ0v) is 11.7. The second kappa shape index (κ2) is 7.32. The van der Waals surface area contributed by atoms with E-state index < -0.39 is 39.8 Å². The molecule has 0 aliphatic rings. The Morgan fingerprint density at radius 3 is 2.67 bits per heavy atom. The van der Waals surface area contributed by atoms with E-state index in [1.807, 2.05) is 6.92 Å². The van der Waals surface area contributed by atoms with Gasteiger partial charge in [0.15, 0.2) is 0 Å². The van der Waals surface area contributed by atoms with Crippen molar-refractivity contribution in [2.24, 2.45) is 0 Å². The Kier molecular flexibility index (Phi) is 5.77. The first-order valence-corrected chi connectivity index (χ1v) is 6.39. The van der Waals surface area contributed by atoms with Gasteiger partial charge in [0.2, 0.25) is 5.91 Å². The van der Waals surface area contributed by atoms with Crippen LogP contribution < -0.4 is 10.6 Å². The third-order valence-corrected chi connectivity index (χ3v) is 2.70. The Morgan fingerprint density at radius 2 is 2.10 bits per heavy atom. The maximum Gasteiger partial charge on any atom is 0.270 e. The average Bonchev–Trinajstić information content (AvgIpc) is 2.44. The molecule has 21 heavy (non-hydrogen) atoms. The molecule has 0 radical (unpaired) electrons. The predicted molar refractivity (Wildman–Crippen MR) is 73.3 cm³/mol. The predicted octanol–water partition coefficient (Wildman–Crippen LogP) is 1.38. The summed E-state index contributed by atoms with van der Waals surface area (Å²) >= 11 is 0. The van der Waals surface area contributed by atoms with Gasteiger partial charge in [0.25, 0.3) is 11.6 Å². The van der Waals surface area contributed by atoms with Gasteiger partial charge in [-0.05, 0) is 19.4 Å². The van der Waals surface area contributed by atoms with Gasteiger partial charge < -0.3 is 10.6 Å². The molecule has 0 fully saturated rings. The van der Waals surface area contributed by atoms with E-state index in [1.54, 1.807) is 0 Å². The highest BCUT2D eigenvalue weighted by molar-refractivity contribution is 5.98. The number of nitrogens with zero attached hydrogens (tertiary/aromatic N) is 1. The molecule has 2 N–H and O–H groups in total. The van der Waals surface area contributed by atoms with Crippen LogP contribution in [0, 0.1) is 15.9 Å². The summed E-state index contributed by atoms with van der Waals surface area (Å²) in [6, 6.07) is 1.77. The van der Waals surface area contributed by atoms with Crippen LogP contribution in [0.15, 0.2) is 18.2 Å². The Bertz CT molecular complexity index is 562. The van der Waals surface area contributed by atoms with Gasteiger partial charge in [-0.15, -0.1) is 0 Å². The molecule has 114 valence electrons. The highest BCUT2D eigenvalue weighted by atomic mass is 19.1. The van der Waals surface area contributed by atoms with Gasteiger partial charge in [0, 0.05) is 18.7 Å². The maximum absolute atomic E-state index is 13.6. The molecule has 7 nitrogen and oxygen atoms in total. The van der Waals surface area contributed by atoms with Gasteiger partial charge >= 0.3 is 0 Å². The van der Waals surface area contributed by atoms with Crippen molar-refractivity contribution in [1.29, 1.82) is 0 Å². The average molecular weight is 297 g/mol. The molecule has 0 bridgehead atoms. The van der Waals surface area contributed by atoms with Gasteiger partial charge in [-0.3, -0.25) is 19.7 Å². The lowest BCUT2D eigenvalue weighted by Gasteiger charge is -2.14. The van der Waals surface area contributed by atoms with Crippen LogP contribution in [0.4, 0.5) is 10.1 Å². The number of carbonyl (C=O) groups excluding carboxylic acids is 2. The highest BCUT2D eigenvalue weighted by Crippen LogP contribution is 2.16. The van der Waals surface area contributed by atoms with E-state index in [0.29, 0.717) is 6.54 Å². The fourth-order valence-corrected chi connectivity index (χ4v) is 1.54. The number of amides is 2. The molecular weight excluding hydrogens is 281 g/mol. The van der Waals surface area contributed by atoms with Crippen molar-refractivity contribution in [3.8, 4) is 0 Å². The largest absolute Gasteiger partial charge is 0.354 e. The minimum atomic E-state index is -0.890. The molecule has 0 spiro atoms. The van der Waals surface area contributed by atoms with Crippen LogP contribution >= 0.6 is 0 Å². The number of rotatable bonds is 6. The van der Waals surface area contributed by atoms with Gasteiger partial charge in [-0.1, -0.05) is 6.92 Å². The van der Waals surface area contributed by atoms with E-state index in [0.717, 1.165) is 24.6 Å². The molecule has 0 aromatic heterocycles. The fraction of sp³-hybridized carbons (Fsp3) is 0.385. The van der Waals surface area contributed by atoms with Crippen molar-refractivity contribution in [1.82, 2.24) is 10.6 Å². The molecule has 1 atom stereocenters. The zero-order valence-electron chi connectivity index (χ0n) is 11.7. The first kappa shape index (κ1) is 16.5. The van der Waals surface area contributed by atoms with Crippen molar-refractivity contribution in [3.63, 3.8) is 0 Å². The normalized spacial score (nSPS) is 11.6. The van der Waals surface area contributed by atoms with Crippen molar-refractivity contribution in [2.75, 3.05) is 6.54 Å². The lowest BCUT2D eigenvalue weighted by molar-refractivity contribution is -0.384. The maximum atomic E-state index is 13.6. The first-order valence-electron chi connectivity index (χ1n) is 6.39. The van der Waals surface area contributed by atoms with Gasteiger partial charge in [-0.2, -0.15) is 0 Å². The molecule has 0 saturated heterocycles. The SMILES string of the molecule is CCCNC(=O)C(C)NC(=O)c1cc([N+](=O)[O-])ccc1F. The molecule has 1 aromatic rings. The molecule has 0 saturated carbocycles. The van der Waals surface area contributed by atoms with Gasteiger partial charge in [-0.25, -0.2) is 4.39 Å². The number of nitro benzene ring substituents is 1. The highest BCUT2D eigenvalue weighted by Gasteiger charge is 2.20. The summed E-state index contributed by atoms with van der Waals surface area (Å²) < 4.78 is 13.6. The van der Waals surface area contributed by atoms with Gasteiger partial charge in [0.1, 0.15) is 11.9 Å². The monoisotopic (exact) mass is 297 g/mol. The molecule has 1 unspecified atom stereocenters. The van der Waals surface area contributed by atoms with Crippen LogP contribution in [-0.2, 0) is 4.79 Å². The summed E-state index contributed by atoms with van der Waals surface area (Å²) in [7, 11) is 0. The van der Waals surface area contributed by atoms with E-state index >= 15 is 0 Å². The van der Waals surface area contributed by atoms with E-state index in [-0.39, 0.29) is 0 Å². The number of halogens is 1. The van der Waals surface area contributed by atoms with Crippen LogP contribution in [0.25, 0.3) is 0 Å². The third kappa shape index (κ3) is 4.51. The van der Waals surface area contributed by atoms with Crippen LogP contribution in [0.2, 0.25) is 0 Å². The van der Waals surface area contributed by atoms with Crippen LogP contribution in [0.3, 0.4) is 0 Å². The summed E-state index contributed by atoms with van der Waals surface area (Å²) in [5.41, 5.74) is -0.871. The Morgan fingerprint density at radius 1 is 1.43 bits per heavy atom. The minimum absolute atomic E-state index is 0.398. The lowest BCUT2D eigenvalue weighted by atomic mass is 10.1. The molecule has 0 heterocycles. The Balaban J connectivity index is 2.82. The van der Waals surface area contributed by atoms with Crippen molar-refractivity contribution >= 4 is 17.5 Å². The van der Waals surface area contributed by atoms with E-state index in [9.17, 15) is 24.1 Å². The summed E-state index contributed by atoms with van der Waals surface area (Å²) in [6.45, 7) is 3.78. The summed E-state index contributed by atoms with van der Waals surface area (Å²) in [4.78, 5) is 33.4. The molecular formula is C13H16FN3O4. The van der Waals surface area contributed by atoms with Crippen LogP contribution in [0.5, 0.6) is 0 Å². The standard InChI is InChI=1S/C13H16FN3O4/c1-3-6-15-12(18)8(2)16-13(19)10-7-9(17(20)21)4-5-11(10)14/h4-5,7-8H,3,6H2,1-2H3,(H,15,18)(H,16,19). The molecule has 0 aliphatic carbocycles. The summed E-state index contributed by atoms with van der Waals surface area (Å²) in [6.07, 6.45) is 0.742. The topological polar surface area (TPSA) is 101 Å². The number of hydrogen-bond acceptors (Lipinski definition) is 4. The lowest BCUT2D eigenvalue weighted by Crippen LogP contribution is -2.45. The molecule has 2 amide bonds. The zero-order chi connectivity index (χ0) is 16.0. The second-order valence-corrected chi connectivity index (χ2v) is 4.41. The van der Waals surface area contributed by atoms with Crippen molar-refractivity contribution < 1.29 is 18.9 Å². The molecule has 0 aliphatic heterocycles. The number of non-ortho nitro benzene ring substituents is 1. The van der Waals surface area contributed by atoms with Crippen LogP contribution in [0.1, 0.15) is 30.6 Å². The number of hydrogen-bond donors (Lipinski definition) is 2. The second-order valence-electron chi connectivity index (χ2n) is 4.41. The number of carbonyl (C=O) groups is 2. The van der Waals surface area contributed by atoms with Gasteiger partial charge in [0.05, 0.1) is 10.5 Å². The number of nitrogens with one attached hydrogen (secondary N) is 2. The summed E-state index contributed by atoms with van der Waals surface area (Å²) in [5, 5.41) is 15.5. The number of nitro groups is 1. The van der Waals surface area contributed by atoms with E-state index in [4.69, 9.17) is 0 Å². The third-order valence-electron chi connectivity index (χ3n) is 2.70. The Labute approximate surface area is 120 Å². The fourth-order valence-electron chi connectivity index (χ4n) is 1.54. The van der Waals surface area contributed by atoms with Crippen LogP contribution in [-0.4, -0.2) is 29.3 Å². The molecule has 1 aromatic carbocycles. The quantitative estimate of drug-likeness (QED) is 0.611. The van der Waals surface area contributed by atoms with E-state index in [2.05, 4.69) is 10.6 Å². The summed E-state index contributed by atoms with van der Waals surface area (Å²) in [5.74, 6) is -2.18. The Hall–Kier alpha value is -2.51. The first-order chi connectivity index (χ1) is 9.86. The minimum Gasteiger partial charge on any atom is -0.354 e. The van der Waals surface area contributed by atoms with Crippen molar-refractivity contribution in [2.45, 2.75) is 26.3 Å². The number of benzene rings is 1. The molecule has 1 rings (SSSR count). The smallest absolute Gasteiger partial charge is 0.270 e.